The van der Waals surface area contributed by atoms with Crippen LogP contribution in [0, 0.1) is 0 Å². The number of hydrogen-bond donors (Lipinski definition) is 3. The van der Waals surface area contributed by atoms with E-state index in [0.29, 0.717) is 63.1 Å². The fourth-order valence-electron chi connectivity index (χ4n) is 4.66. The van der Waals surface area contributed by atoms with E-state index in [9.17, 15) is 18.0 Å². The molecule has 0 saturated heterocycles. The maximum absolute atomic E-state index is 13.3. The molecule has 1 aliphatic heterocycles. The smallest absolute Gasteiger partial charge is 0.432 e. The molecule has 0 atom stereocenters. The maximum atomic E-state index is 13.3. The van der Waals surface area contributed by atoms with Gasteiger partial charge in [-0.25, -0.2) is 18.0 Å². The zero-order valence-corrected chi connectivity index (χ0v) is 29.3. The van der Waals surface area contributed by atoms with E-state index in [1.54, 1.807) is 66.7 Å². The van der Waals surface area contributed by atoms with Crippen molar-refractivity contribution in [2.75, 3.05) is 89.8 Å². The number of ether oxygens (including phenoxy) is 6. The van der Waals surface area contributed by atoms with Gasteiger partial charge >= 0.3 is 12.2 Å². The van der Waals surface area contributed by atoms with Gasteiger partial charge in [-0.2, -0.15) is 0 Å². The molecule has 0 spiro atoms. The summed E-state index contributed by atoms with van der Waals surface area (Å²) in [6.07, 6.45) is 4.70. The second kappa shape index (κ2) is 21.3. The number of amides is 2. The summed E-state index contributed by atoms with van der Waals surface area (Å²) in [4.78, 5) is 26.4. The Morgan fingerprint density at radius 3 is 2.08 bits per heavy atom. The summed E-state index contributed by atoms with van der Waals surface area (Å²) in [5.41, 5.74) is 2.98. The van der Waals surface area contributed by atoms with Crippen LogP contribution in [-0.2, 0) is 38.4 Å². The third-order valence-electron chi connectivity index (χ3n) is 7.10. The Labute approximate surface area is 298 Å². The number of anilines is 2. The number of rotatable bonds is 21. The van der Waals surface area contributed by atoms with Gasteiger partial charge in [-0.1, -0.05) is 60.7 Å². The van der Waals surface area contributed by atoms with Gasteiger partial charge in [0.15, 0.2) is 6.73 Å². The molecule has 3 N–H and O–H groups in total. The third kappa shape index (κ3) is 14.1. The van der Waals surface area contributed by atoms with Crippen molar-refractivity contribution >= 4 is 33.6 Å². The molecule has 0 aromatic heterocycles. The molecule has 1 heterocycles. The van der Waals surface area contributed by atoms with Crippen LogP contribution >= 0.6 is 0 Å². The summed E-state index contributed by atoms with van der Waals surface area (Å²) in [6, 6.07) is 22.0. The molecule has 15 heteroatoms. The number of urea groups is 1. The van der Waals surface area contributed by atoms with Crippen LogP contribution in [0.3, 0.4) is 0 Å². The van der Waals surface area contributed by atoms with E-state index in [1.165, 1.54) is 0 Å². The van der Waals surface area contributed by atoms with Gasteiger partial charge in [0.25, 0.3) is 10.0 Å². The van der Waals surface area contributed by atoms with Crippen LogP contribution in [0.15, 0.2) is 108 Å². The van der Waals surface area contributed by atoms with Crippen molar-refractivity contribution in [3.63, 3.8) is 0 Å². The molecule has 0 unspecified atom stereocenters. The normalized spacial score (nSPS) is 12.6. The molecule has 51 heavy (non-hydrogen) atoms. The van der Waals surface area contributed by atoms with Gasteiger partial charge in [0.1, 0.15) is 6.61 Å². The van der Waals surface area contributed by atoms with Gasteiger partial charge in [-0.05, 0) is 41.5 Å². The van der Waals surface area contributed by atoms with Crippen molar-refractivity contribution < 1.29 is 46.4 Å². The first kappa shape index (κ1) is 38.9. The van der Waals surface area contributed by atoms with Crippen molar-refractivity contribution in [2.45, 2.75) is 4.90 Å². The molecule has 3 aromatic rings. The fraction of sp³-hybridized carbons (Fsp3) is 0.333. The molecule has 0 fully saturated rings. The molecule has 4 rings (SSSR count). The van der Waals surface area contributed by atoms with Gasteiger partial charge in [-0.3, -0.25) is 4.72 Å². The van der Waals surface area contributed by atoms with Gasteiger partial charge in [0, 0.05) is 43.3 Å². The van der Waals surface area contributed by atoms with E-state index in [1.807, 2.05) is 42.5 Å². The minimum atomic E-state index is -3.89. The largest absolute Gasteiger partial charge is 0.510 e. The number of nitrogens with one attached hydrogen (secondary N) is 3. The van der Waals surface area contributed by atoms with E-state index >= 15 is 0 Å². The molecular weight excluding hydrogens is 680 g/mol. The topological polar surface area (TPSA) is 163 Å². The minimum Gasteiger partial charge on any atom is -0.432 e. The molecule has 3 aromatic carbocycles. The van der Waals surface area contributed by atoms with Crippen molar-refractivity contribution in [2.24, 2.45) is 0 Å². The summed E-state index contributed by atoms with van der Waals surface area (Å²) in [6.45, 7) is 3.70. The number of hydrogen-bond acceptors (Lipinski definition) is 11. The lowest BCUT2D eigenvalue weighted by Gasteiger charge is -2.22. The standard InChI is InChI=1S/C36H44N4O10S/c1-45-18-19-46-20-21-47-22-23-48-24-25-49-36(42)50-28-40-17-7-8-29(27-40)26-37-35(41)38-31-13-15-32(16-14-31)39-51(43,44)34-12-6-5-11-33(34)30-9-3-2-4-10-30/h2-16,27,39H,17-26,28H2,1H3,(H2,37,38,41). The predicted molar refractivity (Wildman–Crippen MR) is 192 cm³/mol. The Balaban J connectivity index is 1.11. The quantitative estimate of drug-likeness (QED) is 0.102. The van der Waals surface area contributed by atoms with E-state index in [0.717, 1.165) is 11.1 Å². The minimum absolute atomic E-state index is 0.0338. The van der Waals surface area contributed by atoms with Crippen LogP contribution < -0.4 is 15.4 Å². The van der Waals surface area contributed by atoms with E-state index in [-0.39, 0.29) is 31.4 Å². The first-order chi connectivity index (χ1) is 24.8. The van der Waals surface area contributed by atoms with E-state index in [2.05, 4.69) is 15.4 Å². The predicted octanol–water partition coefficient (Wildman–Crippen LogP) is 4.84. The highest BCUT2D eigenvalue weighted by Crippen LogP contribution is 2.28. The first-order valence-corrected chi connectivity index (χ1v) is 17.8. The Kier molecular flexibility index (Phi) is 16.3. The summed E-state index contributed by atoms with van der Waals surface area (Å²) in [7, 11) is -2.28. The van der Waals surface area contributed by atoms with Crippen molar-refractivity contribution in [1.82, 2.24) is 10.2 Å². The fourth-order valence-corrected chi connectivity index (χ4v) is 5.95. The Bertz CT molecular complexity index is 1690. The molecule has 0 saturated carbocycles. The van der Waals surface area contributed by atoms with Crippen LogP contribution in [0.2, 0.25) is 0 Å². The Hall–Kier alpha value is -4.93. The summed E-state index contributed by atoms with van der Waals surface area (Å²) < 4.78 is 60.2. The number of sulfonamides is 1. The Morgan fingerprint density at radius 2 is 1.37 bits per heavy atom. The van der Waals surface area contributed by atoms with Crippen LogP contribution in [-0.4, -0.2) is 105 Å². The van der Waals surface area contributed by atoms with Crippen LogP contribution in [0.25, 0.3) is 11.1 Å². The van der Waals surface area contributed by atoms with Crippen LogP contribution in [0.5, 0.6) is 0 Å². The van der Waals surface area contributed by atoms with Crippen LogP contribution in [0.1, 0.15) is 0 Å². The highest BCUT2D eigenvalue weighted by molar-refractivity contribution is 7.92. The Morgan fingerprint density at radius 1 is 0.745 bits per heavy atom. The molecular formula is C36H44N4O10S. The molecule has 0 radical (unpaired) electrons. The number of methoxy groups -OCH3 is 1. The van der Waals surface area contributed by atoms with Crippen molar-refractivity contribution in [3.8, 4) is 11.1 Å². The second-order valence-corrected chi connectivity index (χ2v) is 12.6. The monoisotopic (exact) mass is 724 g/mol. The number of nitrogens with zero attached hydrogens (tertiary/aromatic N) is 1. The molecule has 0 bridgehead atoms. The van der Waals surface area contributed by atoms with E-state index in [4.69, 9.17) is 28.4 Å². The average molecular weight is 725 g/mol. The molecule has 274 valence electrons. The van der Waals surface area contributed by atoms with E-state index < -0.39 is 22.2 Å². The lowest BCUT2D eigenvalue weighted by atomic mass is 10.1. The highest BCUT2D eigenvalue weighted by Gasteiger charge is 2.19. The zero-order chi connectivity index (χ0) is 36.2. The molecule has 2 amide bonds. The summed E-state index contributed by atoms with van der Waals surface area (Å²) in [5.74, 6) is 0. The summed E-state index contributed by atoms with van der Waals surface area (Å²) in [5, 5.41) is 5.51. The van der Waals surface area contributed by atoms with Crippen molar-refractivity contribution in [1.29, 1.82) is 0 Å². The van der Waals surface area contributed by atoms with Crippen LogP contribution in [0.4, 0.5) is 21.0 Å². The van der Waals surface area contributed by atoms with Gasteiger partial charge in [0.05, 0.1) is 51.1 Å². The van der Waals surface area contributed by atoms with Gasteiger partial charge in [-0.15, -0.1) is 0 Å². The van der Waals surface area contributed by atoms with Crippen molar-refractivity contribution in [3.05, 3.63) is 103 Å². The number of carbonyl (C=O) groups is 2. The first-order valence-electron chi connectivity index (χ1n) is 16.3. The SMILES string of the molecule is COCCOCCOCCOCCOC(=O)OCN1C=C(CNC(=O)Nc2ccc(NS(=O)(=O)c3ccccc3-c3ccccc3)cc2)C=CC1. The molecule has 14 nitrogen and oxygen atoms in total. The lowest BCUT2D eigenvalue weighted by molar-refractivity contribution is -0.0128. The second-order valence-electron chi connectivity index (χ2n) is 10.9. The summed E-state index contributed by atoms with van der Waals surface area (Å²) >= 11 is 0. The average Bonchev–Trinajstić information content (AvgIpc) is 3.15. The van der Waals surface area contributed by atoms with Gasteiger partial charge < -0.3 is 44.0 Å². The zero-order valence-electron chi connectivity index (χ0n) is 28.5. The number of benzene rings is 3. The number of carbonyl (C=O) groups excluding carboxylic acids is 2. The van der Waals surface area contributed by atoms with Gasteiger partial charge in [0.2, 0.25) is 0 Å². The molecule has 1 aliphatic rings. The lowest BCUT2D eigenvalue weighted by Crippen LogP contribution is -2.32. The molecule has 0 aliphatic carbocycles. The highest BCUT2D eigenvalue weighted by atomic mass is 32.2. The maximum Gasteiger partial charge on any atom is 0.510 e. The third-order valence-corrected chi connectivity index (χ3v) is 8.54.